The summed E-state index contributed by atoms with van der Waals surface area (Å²) in [5.41, 5.74) is 0.458. The standard InChI is InChI=1S/C20H26N6O3/c1-23-11-15-5-2-8-24(12-15)18(27)7-4-10-26-14-16(21-22-26)13-25-9-3-6-17(19(23)28)20(25)29/h3,6,9,14-15H,2,4-5,7-8,10-13H2,1H3. The number of fused-ring (bicyclic) bond motifs is 6. The second-order valence-corrected chi connectivity index (χ2v) is 7.97. The fourth-order valence-corrected chi connectivity index (χ4v) is 4.19. The molecule has 0 aliphatic carbocycles. The number of rotatable bonds is 0. The van der Waals surface area contributed by atoms with Crippen LogP contribution in [0.4, 0.5) is 0 Å². The Labute approximate surface area is 168 Å². The first-order chi connectivity index (χ1) is 14.0. The van der Waals surface area contributed by atoms with E-state index in [1.165, 1.54) is 4.57 Å². The maximum Gasteiger partial charge on any atom is 0.263 e. The Balaban J connectivity index is 1.65. The lowest BCUT2D eigenvalue weighted by Gasteiger charge is -2.35. The fourth-order valence-electron chi connectivity index (χ4n) is 4.19. The zero-order chi connectivity index (χ0) is 20.4. The topological polar surface area (TPSA) is 93.3 Å². The summed E-state index contributed by atoms with van der Waals surface area (Å²) in [6, 6.07) is 3.28. The second-order valence-electron chi connectivity index (χ2n) is 7.97. The molecule has 2 aromatic heterocycles. The average molecular weight is 398 g/mol. The number of hydrogen-bond acceptors (Lipinski definition) is 5. The molecule has 154 valence electrons. The van der Waals surface area contributed by atoms with Gasteiger partial charge in [-0.3, -0.25) is 19.1 Å². The molecule has 29 heavy (non-hydrogen) atoms. The largest absolute Gasteiger partial charge is 0.342 e. The van der Waals surface area contributed by atoms with E-state index in [2.05, 4.69) is 10.3 Å². The molecule has 2 amide bonds. The molecule has 1 saturated heterocycles. The molecular formula is C20H26N6O3. The van der Waals surface area contributed by atoms with Gasteiger partial charge in [-0.05, 0) is 37.3 Å². The summed E-state index contributed by atoms with van der Waals surface area (Å²) < 4.78 is 3.19. The van der Waals surface area contributed by atoms with Gasteiger partial charge >= 0.3 is 0 Å². The third-order valence-corrected chi connectivity index (χ3v) is 5.70. The van der Waals surface area contributed by atoms with Gasteiger partial charge in [0.1, 0.15) is 11.3 Å². The van der Waals surface area contributed by atoms with Crippen molar-refractivity contribution in [1.82, 2.24) is 29.4 Å². The Hall–Kier alpha value is -2.97. The number of amides is 2. The van der Waals surface area contributed by atoms with Gasteiger partial charge in [0.15, 0.2) is 0 Å². The van der Waals surface area contributed by atoms with Crippen LogP contribution in [0.15, 0.2) is 29.3 Å². The van der Waals surface area contributed by atoms with Crippen molar-refractivity contribution in [2.75, 3.05) is 26.7 Å². The Bertz CT molecular complexity index is 965. The van der Waals surface area contributed by atoms with E-state index in [0.29, 0.717) is 38.2 Å². The minimum absolute atomic E-state index is 0.149. The molecule has 2 aliphatic rings. The van der Waals surface area contributed by atoms with Gasteiger partial charge in [-0.2, -0.15) is 0 Å². The van der Waals surface area contributed by atoms with E-state index in [1.807, 2.05) is 4.90 Å². The summed E-state index contributed by atoms with van der Waals surface area (Å²) in [6.07, 6.45) is 6.51. The highest BCUT2D eigenvalue weighted by atomic mass is 16.2. The van der Waals surface area contributed by atoms with E-state index in [0.717, 1.165) is 19.4 Å². The van der Waals surface area contributed by atoms with Crippen molar-refractivity contribution in [3.05, 3.63) is 46.1 Å². The fraction of sp³-hybridized carbons (Fsp3) is 0.550. The zero-order valence-corrected chi connectivity index (χ0v) is 16.7. The predicted octanol–water partition coefficient (Wildman–Crippen LogP) is 0.592. The molecule has 0 saturated carbocycles. The molecule has 2 aliphatic heterocycles. The van der Waals surface area contributed by atoms with Crippen LogP contribution in [0.3, 0.4) is 0 Å². The minimum atomic E-state index is -0.330. The van der Waals surface area contributed by atoms with Gasteiger partial charge in [-0.1, -0.05) is 5.21 Å². The number of carbonyl (C=O) groups is 2. The van der Waals surface area contributed by atoms with Gasteiger partial charge in [-0.25, -0.2) is 0 Å². The first-order valence-electron chi connectivity index (χ1n) is 10.1. The smallest absolute Gasteiger partial charge is 0.263 e. The summed E-state index contributed by atoms with van der Waals surface area (Å²) >= 11 is 0. The molecule has 0 aromatic carbocycles. The number of nitrogens with zero attached hydrogens (tertiary/aromatic N) is 6. The molecule has 0 spiro atoms. The Morgan fingerprint density at radius 2 is 1.97 bits per heavy atom. The number of piperidine rings is 1. The highest BCUT2D eigenvalue weighted by Gasteiger charge is 2.26. The lowest BCUT2D eigenvalue weighted by atomic mass is 9.97. The summed E-state index contributed by atoms with van der Waals surface area (Å²) in [4.78, 5) is 41.9. The molecule has 2 aromatic rings. The molecule has 4 heterocycles. The normalized spacial score (nSPS) is 21.2. The van der Waals surface area contributed by atoms with E-state index >= 15 is 0 Å². The van der Waals surface area contributed by atoms with Gasteiger partial charge in [0.25, 0.3) is 11.5 Å². The number of carbonyl (C=O) groups excluding carboxylic acids is 2. The van der Waals surface area contributed by atoms with Crippen molar-refractivity contribution in [3.63, 3.8) is 0 Å². The van der Waals surface area contributed by atoms with Gasteiger partial charge in [0, 0.05) is 45.8 Å². The van der Waals surface area contributed by atoms with Crippen molar-refractivity contribution in [2.45, 2.75) is 38.8 Å². The van der Waals surface area contributed by atoms with Crippen LogP contribution in [-0.2, 0) is 17.9 Å². The van der Waals surface area contributed by atoms with Crippen LogP contribution in [0, 0.1) is 5.92 Å². The Morgan fingerprint density at radius 1 is 1.10 bits per heavy atom. The molecule has 1 unspecified atom stereocenters. The first-order valence-corrected chi connectivity index (χ1v) is 10.1. The monoisotopic (exact) mass is 398 g/mol. The predicted molar refractivity (Wildman–Crippen MR) is 105 cm³/mol. The minimum Gasteiger partial charge on any atom is -0.342 e. The highest BCUT2D eigenvalue weighted by molar-refractivity contribution is 5.93. The van der Waals surface area contributed by atoms with Crippen LogP contribution in [0.5, 0.6) is 0 Å². The van der Waals surface area contributed by atoms with Crippen LogP contribution in [0.1, 0.15) is 41.7 Å². The van der Waals surface area contributed by atoms with Crippen LogP contribution >= 0.6 is 0 Å². The number of aromatic nitrogens is 4. The third-order valence-electron chi connectivity index (χ3n) is 5.70. The molecule has 6 bridgehead atoms. The van der Waals surface area contributed by atoms with Crippen molar-refractivity contribution in [1.29, 1.82) is 0 Å². The van der Waals surface area contributed by atoms with Crippen molar-refractivity contribution in [2.24, 2.45) is 5.92 Å². The van der Waals surface area contributed by atoms with Gasteiger partial charge < -0.3 is 14.4 Å². The molecule has 1 atom stereocenters. The molecule has 0 radical (unpaired) electrons. The van der Waals surface area contributed by atoms with Gasteiger partial charge in [0.05, 0.1) is 12.7 Å². The van der Waals surface area contributed by atoms with E-state index < -0.39 is 0 Å². The molecule has 4 rings (SSSR count). The van der Waals surface area contributed by atoms with E-state index in [4.69, 9.17) is 0 Å². The lowest BCUT2D eigenvalue weighted by Crippen LogP contribution is -2.44. The summed E-state index contributed by atoms with van der Waals surface area (Å²) in [5.74, 6) is 0.0823. The summed E-state index contributed by atoms with van der Waals surface area (Å²) in [6.45, 7) is 2.81. The molecule has 0 N–H and O–H groups in total. The summed E-state index contributed by atoms with van der Waals surface area (Å²) in [5, 5.41) is 8.22. The maximum atomic E-state index is 12.9. The number of hydrogen-bond donors (Lipinski definition) is 0. The van der Waals surface area contributed by atoms with E-state index in [9.17, 15) is 14.4 Å². The SMILES string of the molecule is CN1CC2CCCN(C2)C(=O)CCCn2cc(nn2)Cn2cccc(c2=O)C1=O. The zero-order valence-electron chi connectivity index (χ0n) is 16.7. The number of aryl methyl sites for hydroxylation is 1. The maximum absolute atomic E-state index is 12.9. The Morgan fingerprint density at radius 3 is 2.83 bits per heavy atom. The number of pyridine rings is 1. The molecule has 1 fully saturated rings. The molecule has 9 nitrogen and oxygen atoms in total. The van der Waals surface area contributed by atoms with Crippen LogP contribution in [0.25, 0.3) is 0 Å². The van der Waals surface area contributed by atoms with Gasteiger partial charge in [-0.15, -0.1) is 5.10 Å². The highest BCUT2D eigenvalue weighted by Crippen LogP contribution is 2.19. The van der Waals surface area contributed by atoms with Crippen molar-refractivity contribution >= 4 is 11.8 Å². The third kappa shape index (κ3) is 4.23. The lowest BCUT2D eigenvalue weighted by molar-refractivity contribution is -0.133. The Kier molecular flexibility index (Phi) is 5.46. The first kappa shape index (κ1) is 19.4. The van der Waals surface area contributed by atoms with Gasteiger partial charge in [0.2, 0.25) is 5.91 Å². The van der Waals surface area contributed by atoms with Crippen molar-refractivity contribution in [3.8, 4) is 0 Å². The van der Waals surface area contributed by atoms with E-state index in [-0.39, 0.29) is 35.4 Å². The second kappa shape index (κ2) is 8.18. The van der Waals surface area contributed by atoms with Crippen molar-refractivity contribution < 1.29 is 9.59 Å². The quantitative estimate of drug-likeness (QED) is 0.648. The van der Waals surface area contributed by atoms with Crippen LogP contribution < -0.4 is 5.56 Å². The van der Waals surface area contributed by atoms with Crippen LogP contribution in [0.2, 0.25) is 0 Å². The average Bonchev–Trinajstić information content (AvgIpc) is 3.16. The molecular weight excluding hydrogens is 372 g/mol. The van der Waals surface area contributed by atoms with E-state index in [1.54, 1.807) is 41.2 Å². The van der Waals surface area contributed by atoms with Crippen LogP contribution in [-0.4, -0.2) is 67.9 Å². The summed E-state index contributed by atoms with van der Waals surface area (Å²) in [7, 11) is 1.72. The molecule has 9 heteroatoms.